The van der Waals surface area contributed by atoms with Crippen molar-refractivity contribution in [3.63, 3.8) is 0 Å². The Kier molecular flexibility index (Phi) is 23.6. The van der Waals surface area contributed by atoms with Crippen LogP contribution in [0.25, 0.3) is 0 Å². The fourth-order valence-corrected chi connectivity index (χ4v) is 2.71. The van der Waals surface area contributed by atoms with Gasteiger partial charge in [-0.15, -0.1) is 0 Å². The molecule has 0 saturated carbocycles. The highest BCUT2D eigenvalue weighted by molar-refractivity contribution is 5.76. The number of carboxylic acid groups (broad SMARTS) is 1. The molecule has 0 aliphatic carbocycles. The van der Waals surface area contributed by atoms with Gasteiger partial charge in [0.15, 0.2) is 5.96 Å². The molecule has 0 aliphatic heterocycles. The molecule has 7 heteroatoms. The molecule has 0 spiro atoms. The maximum atomic E-state index is 11.7. The van der Waals surface area contributed by atoms with E-state index in [0.29, 0.717) is 13.0 Å². The van der Waals surface area contributed by atoms with E-state index < -0.39 is 5.97 Å². The predicted octanol–water partition coefficient (Wildman–Crippen LogP) is 3.95. The van der Waals surface area contributed by atoms with E-state index >= 15 is 0 Å². The van der Waals surface area contributed by atoms with Gasteiger partial charge in [-0.2, -0.15) is 0 Å². The standard InChI is InChI=1S/C19H40N4O.C2H4O2/c1-2-3-4-5-6-7-8-9-10-11-12-15-18(24)22-16-13-14-17-23-19(20)21;1-2(3)4/h2-17H2,1H3,(H,22,24)(H4,20,21,23);1H3,(H,3,4). The van der Waals surface area contributed by atoms with E-state index in [1.165, 1.54) is 64.2 Å². The average Bonchev–Trinajstić information content (AvgIpc) is 2.62. The van der Waals surface area contributed by atoms with Crippen molar-refractivity contribution in [1.82, 2.24) is 5.32 Å². The molecule has 6 N–H and O–H groups in total. The number of nitrogens with zero attached hydrogens (tertiary/aromatic N) is 1. The summed E-state index contributed by atoms with van der Waals surface area (Å²) < 4.78 is 0. The van der Waals surface area contributed by atoms with E-state index in [0.717, 1.165) is 32.7 Å². The lowest BCUT2D eigenvalue weighted by atomic mass is 10.1. The van der Waals surface area contributed by atoms with Crippen molar-refractivity contribution in [1.29, 1.82) is 0 Å². The second-order valence-corrected chi connectivity index (χ2v) is 7.17. The number of aliphatic imine (C=N–C) groups is 1. The average molecular weight is 401 g/mol. The number of hydrogen-bond acceptors (Lipinski definition) is 3. The molecule has 0 aliphatic rings. The monoisotopic (exact) mass is 400 g/mol. The SMILES string of the molecule is CC(=O)O.CCCCCCCCCCCCCC(=O)NCCCCN=C(N)N. The third-order valence-corrected chi connectivity index (χ3v) is 4.21. The quantitative estimate of drug-likeness (QED) is 0.167. The maximum absolute atomic E-state index is 11.7. The topological polar surface area (TPSA) is 131 Å². The first-order valence-electron chi connectivity index (χ1n) is 10.9. The zero-order valence-electron chi connectivity index (χ0n) is 18.2. The van der Waals surface area contributed by atoms with Gasteiger partial charge in [-0.3, -0.25) is 14.6 Å². The summed E-state index contributed by atoms with van der Waals surface area (Å²) >= 11 is 0. The smallest absolute Gasteiger partial charge is 0.300 e. The Labute approximate surface area is 171 Å². The van der Waals surface area contributed by atoms with Crippen molar-refractivity contribution in [3.8, 4) is 0 Å². The number of aliphatic carboxylic acids is 1. The van der Waals surface area contributed by atoms with Gasteiger partial charge in [-0.25, -0.2) is 0 Å². The van der Waals surface area contributed by atoms with Gasteiger partial charge in [0.1, 0.15) is 0 Å². The Hall–Kier alpha value is -1.79. The van der Waals surface area contributed by atoms with Gasteiger partial charge in [0.05, 0.1) is 0 Å². The Balaban J connectivity index is 0. The highest BCUT2D eigenvalue weighted by atomic mass is 16.4. The summed E-state index contributed by atoms with van der Waals surface area (Å²) in [6.45, 7) is 4.70. The summed E-state index contributed by atoms with van der Waals surface area (Å²) in [5.41, 5.74) is 10.5. The van der Waals surface area contributed by atoms with Crippen LogP contribution in [0.2, 0.25) is 0 Å². The number of hydrogen-bond donors (Lipinski definition) is 4. The van der Waals surface area contributed by atoms with Crippen LogP contribution >= 0.6 is 0 Å². The molecule has 0 aromatic carbocycles. The van der Waals surface area contributed by atoms with E-state index in [-0.39, 0.29) is 11.9 Å². The number of rotatable bonds is 17. The second-order valence-electron chi connectivity index (χ2n) is 7.17. The number of nitrogens with two attached hydrogens (primary N) is 2. The molecule has 0 aromatic heterocycles. The van der Waals surface area contributed by atoms with Crippen LogP contribution in [-0.2, 0) is 9.59 Å². The van der Waals surface area contributed by atoms with Gasteiger partial charge in [0.2, 0.25) is 5.91 Å². The molecule has 0 heterocycles. The van der Waals surface area contributed by atoms with Gasteiger partial charge in [0.25, 0.3) is 5.97 Å². The highest BCUT2D eigenvalue weighted by Gasteiger charge is 2.00. The first-order valence-corrected chi connectivity index (χ1v) is 10.9. The fourth-order valence-electron chi connectivity index (χ4n) is 2.71. The van der Waals surface area contributed by atoms with Gasteiger partial charge in [-0.1, -0.05) is 71.1 Å². The van der Waals surface area contributed by atoms with Gasteiger partial charge >= 0.3 is 0 Å². The summed E-state index contributed by atoms with van der Waals surface area (Å²) in [5, 5.41) is 10.4. The molecule has 0 bridgehead atoms. The van der Waals surface area contributed by atoms with Gasteiger partial charge in [0, 0.05) is 26.4 Å². The zero-order chi connectivity index (χ0) is 21.5. The van der Waals surface area contributed by atoms with E-state index in [1.54, 1.807) is 0 Å². The van der Waals surface area contributed by atoms with Gasteiger partial charge < -0.3 is 21.9 Å². The van der Waals surface area contributed by atoms with Crippen LogP contribution in [0.15, 0.2) is 4.99 Å². The summed E-state index contributed by atoms with van der Waals surface area (Å²) in [6.07, 6.45) is 16.9. The molecular weight excluding hydrogens is 356 g/mol. The summed E-state index contributed by atoms with van der Waals surface area (Å²) in [6, 6.07) is 0. The van der Waals surface area contributed by atoms with Crippen molar-refractivity contribution < 1.29 is 14.7 Å². The number of guanidine groups is 1. The number of carbonyl (C=O) groups is 2. The molecular formula is C21H44N4O3. The first-order chi connectivity index (χ1) is 13.4. The summed E-state index contributed by atoms with van der Waals surface area (Å²) in [7, 11) is 0. The molecule has 0 atom stereocenters. The lowest BCUT2D eigenvalue weighted by molar-refractivity contribution is -0.134. The number of unbranched alkanes of at least 4 members (excludes halogenated alkanes) is 11. The second kappa shape index (κ2) is 23.2. The van der Waals surface area contributed by atoms with Crippen LogP contribution in [-0.4, -0.2) is 36.0 Å². The van der Waals surface area contributed by atoms with Crippen molar-refractivity contribution >= 4 is 17.8 Å². The Morgan fingerprint density at radius 1 is 0.821 bits per heavy atom. The molecule has 166 valence electrons. The third kappa shape index (κ3) is 31.9. The van der Waals surface area contributed by atoms with Crippen LogP contribution in [0.5, 0.6) is 0 Å². The van der Waals surface area contributed by atoms with Crippen LogP contribution in [0.3, 0.4) is 0 Å². The predicted molar refractivity (Wildman–Crippen MR) is 117 cm³/mol. The normalized spacial score (nSPS) is 9.93. The lowest BCUT2D eigenvalue weighted by Crippen LogP contribution is -2.24. The summed E-state index contributed by atoms with van der Waals surface area (Å²) in [5.74, 6) is -0.525. The van der Waals surface area contributed by atoms with E-state index in [2.05, 4.69) is 17.2 Å². The van der Waals surface area contributed by atoms with Crippen molar-refractivity contribution in [2.24, 2.45) is 16.5 Å². The fraction of sp³-hybridized carbons (Fsp3) is 0.857. The van der Waals surface area contributed by atoms with Crippen LogP contribution in [0.4, 0.5) is 0 Å². The Morgan fingerprint density at radius 2 is 1.29 bits per heavy atom. The highest BCUT2D eigenvalue weighted by Crippen LogP contribution is 2.11. The van der Waals surface area contributed by atoms with Crippen LogP contribution in [0.1, 0.15) is 104 Å². The minimum absolute atomic E-state index is 0.135. The van der Waals surface area contributed by atoms with Crippen LogP contribution < -0.4 is 16.8 Å². The third-order valence-electron chi connectivity index (χ3n) is 4.21. The molecule has 0 rings (SSSR count). The minimum Gasteiger partial charge on any atom is -0.481 e. The molecule has 0 aromatic rings. The molecule has 1 amide bonds. The first kappa shape index (κ1) is 28.4. The van der Waals surface area contributed by atoms with Crippen molar-refractivity contribution in [2.75, 3.05) is 13.1 Å². The molecule has 0 fully saturated rings. The van der Waals surface area contributed by atoms with E-state index in [9.17, 15) is 4.79 Å². The van der Waals surface area contributed by atoms with Crippen molar-refractivity contribution in [3.05, 3.63) is 0 Å². The van der Waals surface area contributed by atoms with Crippen LogP contribution in [0, 0.1) is 0 Å². The van der Waals surface area contributed by atoms with Crippen molar-refractivity contribution in [2.45, 2.75) is 104 Å². The number of nitrogens with one attached hydrogen (secondary N) is 1. The molecule has 0 saturated heterocycles. The number of carboxylic acids is 1. The molecule has 28 heavy (non-hydrogen) atoms. The molecule has 0 radical (unpaired) electrons. The molecule has 0 unspecified atom stereocenters. The number of amides is 1. The zero-order valence-corrected chi connectivity index (χ0v) is 18.2. The molecule has 7 nitrogen and oxygen atoms in total. The number of carbonyl (C=O) groups excluding carboxylic acids is 1. The largest absolute Gasteiger partial charge is 0.481 e. The minimum atomic E-state index is -0.833. The van der Waals surface area contributed by atoms with E-state index in [1.807, 2.05) is 0 Å². The van der Waals surface area contributed by atoms with Gasteiger partial charge in [-0.05, 0) is 19.3 Å². The summed E-state index contributed by atoms with van der Waals surface area (Å²) in [4.78, 5) is 24.6. The Morgan fingerprint density at radius 3 is 1.75 bits per heavy atom. The maximum Gasteiger partial charge on any atom is 0.300 e. The lowest BCUT2D eigenvalue weighted by Gasteiger charge is -2.05. The Bertz CT molecular complexity index is 393. The van der Waals surface area contributed by atoms with E-state index in [4.69, 9.17) is 21.4 Å².